The number of furan rings is 1. The van der Waals surface area contributed by atoms with E-state index in [1.807, 2.05) is 6.92 Å². The van der Waals surface area contributed by atoms with Gasteiger partial charge in [-0.15, -0.1) is 0 Å². The van der Waals surface area contributed by atoms with E-state index in [1.165, 1.54) is 29.2 Å². The predicted octanol–water partition coefficient (Wildman–Crippen LogP) is 4.75. The number of hydrogen-bond donors (Lipinski definition) is 1. The van der Waals surface area contributed by atoms with Crippen LogP contribution in [0.15, 0.2) is 70.7 Å². The monoisotopic (exact) mass is 421 g/mol. The standard InChI is InChI=1S/C24H20FNO5/c1-3-30-18-11-5-15(6-12-18)22(27)20-21(19-13-4-14(2)31-19)26(24(29)23(20)28)17-9-7-16(25)8-10-17/h4-13,21,27H,3H2,1-2H3/b22-20-. The van der Waals surface area contributed by atoms with Gasteiger partial charge < -0.3 is 14.3 Å². The first-order valence-electron chi connectivity index (χ1n) is 9.77. The Morgan fingerprint density at radius 3 is 2.32 bits per heavy atom. The molecule has 0 radical (unpaired) electrons. The van der Waals surface area contributed by atoms with Gasteiger partial charge in [-0.1, -0.05) is 0 Å². The van der Waals surface area contributed by atoms with Crippen molar-refractivity contribution in [3.63, 3.8) is 0 Å². The van der Waals surface area contributed by atoms with Crippen LogP contribution in [-0.2, 0) is 9.59 Å². The predicted molar refractivity (Wildman–Crippen MR) is 112 cm³/mol. The molecule has 6 nitrogen and oxygen atoms in total. The number of anilines is 1. The highest BCUT2D eigenvalue weighted by atomic mass is 19.1. The number of nitrogens with zero attached hydrogens (tertiary/aromatic N) is 1. The Kier molecular flexibility index (Phi) is 5.33. The summed E-state index contributed by atoms with van der Waals surface area (Å²) in [7, 11) is 0. The first-order valence-corrected chi connectivity index (χ1v) is 9.77. The molecule has 0 saturated carbocycles. The summed E-state index contributed by atoms with van der Waals surface area (Å²) >= 11 is 0. The number of ether oxygens (including phenoxy) is 1. The summed E-state index contributed by atoms with van der Waals surface area (Å²) in [6.45, 7) is 4.09. The molecule has 1 fully saturated rings. The van der Waals surface area contributed by atoms with Crippen molar-refractivity contribution in [2.45, 2.75) is 19.9 Å². The Labute approximate surface area is 178 Å². The summed E-state index contributed by atoms with van der Waals surface area (Å²) in [5.74, 6) is -0.976. The van der Waals surface area contributed by atoms with Gasteiger partial charge in [0.05, 0.1) is 12.2 Å². The third-order valence-electron chi connectivity index (χ3n) is 5.02. The molecule has 0 bridgehead atoms. The van der Waals surface area contributed by atoms with Crippen LogP contribution < -0.4 is 9.64 Å². The van der Waals surface area contributed by atoms with Gasteiger partial charge in [-0.25, -0.2) is 4.39 Å². The summed E-state index contributed by atoms with van der Waals surface area (Å²) < 4.78 is 24.6. The third-order valence-corrected chi connectivity index (χ3v) is 5.02. The van der Waals surface area contributed by atoms with E-state index in [4.69, 9.17) is 9.15 Å². The highest BCUT2D eigenvalue weighted by molar-refractivity contribution is 6.51. The zero-order chi connectivity index (χ0) is 22.1. The van der Waals surface area contributed by atoms with E-state index >= 15 is 0 Å². The van der Waals surface area contributed by atoms with E-state index in [0.717, 1.165) is 0 Å². The number of hydrogen-bond acceptors (Lipinski definition) is 5. The van der Waals surface area contributed by atoms with Crippen LogP contribution in [0.5, 0.6) is 5.75 Å². The molecule has 1 N–H and O–H groups in total. The van der Waals surface area contributed by atoms with Gasteiger partial charge in [0.15, 0.2) is 0 Å². The van der Waals surface area contributed by atoms with Gasteiger partial charge in [-0.2, -0.15) is 0 Å². The zero-order valence-corrected chi connectivity index (χ0v) is 17.0. The molecule has 1 aliphatic heterocycles. The lowest BCUT2D eigenvalue weighted by Crippen LogP contribution is -2.29. The molecule has 3 aromatic rings. The molecular weight excluding hydrogens is 401 g/mol. The second-order valence-corrected chi connectivity index (χ2v) is 7.05. The minimum Gasteiger partial charge on any atom is -0.507 e. The topological polar surface area (TPSA) is 80.0 Å². The van der Waals surface area contributed by atoms with Crippen LogP contribution in [0.25, 0.3) is 5.76 Å². The number of carbonyl (C=O) groups excluding carboxylic acids is 2. The van der Waals surface area contributed by atoms with E-state index in [9.17, 15) is 19.1 Å². The van der Waals surface area contributed by atoms with Gasteiger partial charge in [0.25, 0.3) is 11.7 Å². The molecule has 2 heterocycles. The molecule has 31 heavy (non-hydrogen) atoms. The molecule has 4 rings (SSSR count). The fourth-order valence-corrected chi connectivity index (χ4v) is 3.60. The lowest BCUT2D eigenvalue weighted by molar-refractivity contribution is -0.132. The number of aryl methyl sites for hydroxylation is 1. The summed E-state index contributed by atoms with van der Waals surface area (Å²) in [5.41, 5.74) is 0.565. The number of halogens is 1. The molecule has 1 atom stereocenters. The van der Waals surface area contributed by atoms with Gasteiger partial charge >= 0.3 is 0 Å². The number of aliphatic hydroxyl groups is 1. The van der Waals surface area contributed by atoms with E-state index < -0.39 is 23.5 Å². The minimum atomic E-state index is -0.995. The number of benzene rings is 2. The second kappa shape index (κ2) is 8.10. The van der Waals surface area contributed by atoms with E-state index in [0.29, 0.717) is 35.1 Å². The van der Waals surface area contributed by atoms with Crippen molar-refractivity contribution in [3.05, 3.63) is 89.1 Å². The summed E-state index contributed by atoms with van der Waals surface area (Å²) in [6, 6.07) is 14.1. The molecule has 1 saturated heterocycles. The highest BCUT2D eigenvalue weighted by Gasteiger charge is 2.48. The molecule has 1 unspecified atom stereocenters. The SMILES string of the molecule is CCOc1ccc(/C(O)=C2/C(=O)C(=O)N(c3ccc(F)cc3)C2c2ccc(C)o2)cc1. The lowest BCUT2D eigenvalue weighted by Gasteiger charge is -2.23. The fraction of sp³-hybridized carbons (Fsp3) is 0.167. The summed E-state index contributed by atoms with van der Waals surface area (Å²) in [4.78, 5) is 27.1. The molecule has 1 amide bonds. The Hall–Kier alpha value is -3.87. The number of carbonyl (C=O) groups is 2. The van der Waals surface area contributed by atoms with Crippen molar-refractivity contribution in [2.24, 2.45) is 0 Å². The van der Waals surface area contributed by atoms with Gasteiger partial charge in [-0.3, -0.25) is 14.5 Å². The van der Waals surface area contributed by atoms with Crippen LogP contribution in [-0.4, -0.2) is 23.4 Å². The number of aliphatic hydroxyl groups excluding tert-OH is 1. The molecule has 1 aliphatic rings. The van der Waals surface area contributed by atoms with Crippen LogP contribution in [0.2, 0.25) is 0 Å². The normalized spacial score (nSPS) is 17.9. The van der Waals surface area contributed by atoms with E-state index in [2.05, 4.69) is 0 Å². The molecule has 2 aromatic carbocycles. The minimum absolute atomic E-state index is 0.104. The van der Waals surface area contributed by atoms with Crippen molar-refractivity contribution in [3.8, 4) is 5.75 Å². The maximum absolute atomic E-state index is 13.4. The molecule has 0 aliphatic carbocycles. The van der Waals surface area contributed by atoms with Crippen molar-refractivity contribution < 1.29 is 28.2 Å². The largest absolute Gasteiger partial charge is 0.507 e. The summed E-state index contributed by atoms with van der Waals surface area (Å²) in [6.07, 6.45) is 0. The van der Waals surface area contributed by atoms with E-state index in [-0.39, 0.29) is 11.3 Å². The smallest absolute Gasteiger partial charge is 0.300 e. The average molecular weight is 421 g/mol. The molecule has 7 heteroatoms. The molecule has 1 aromatic heterocycles. The molecule has 0 spiro atoms. The van der Waals surface area contributed by atoms with Gasteiger partial charge in [0.1, 0.15) is 34.9 Å². The number of Topliss-reactive ketones (excluding diaryl/α,β-unsaturated/α-hetero) is 1. The second-order valence-electron chi connectivity index (χ2n) is 7.05. The average Bonchev–Trinajstić information content (AvgIpc) is 3.30. The highest BCUT2D eigenvalue weighted by Crippen LogP contribution is 2.42. The Morgan fingerprint density at radius 2 is 1.74 bits per heavy atom. The summed E-state index contributed by atoms with van der Waals surface area (Å²) in [5, 5.41) is 11.0. The number of ketones is 1. The first kappa shape index (κ1) is 20.4. The van der Waals surface area contributed by atoms with Gasteiger partial charge in [0, 0.05) is 11.3 Å². The van der Waals surface area contributed by atoms with Crippen LogP contribution in [0, 0.1) is 12.7 Å². The van der Waals surface area contributed by atoms with Crippen LogP contribution >= 0.6 is 0 Å². The van der Waals surface area contributed by atoms with Crippen molar-refractivity contribution in [1.82, 2.24) is 0 Å². The van der Waals surface area contributed by atoms with Crippen molar-refractivity contribution >= 4 is 23.1 Å². The number of rotatable bonds is 5. The Balaban J connectivity index is 1.86. The Bertz CT molecular complexity index is 1160. The first-order chi connectivity index (χ1) is 14.9. The zero-order valence-electron chi connectivity index (χ0n) is 17.0. The van der Waals surface area contributed by atoms with Crippen molar-refractivity contribution in [1.29, 1.82) is 0 Å². The van der Waals surface area contributed by atoms with Crippen molar-refractivity contribution in [2.75, 3.05) is 11.5 Å². The van der Waals surface area contributed by atoms with Gasteiger partial charge in [-0.05, 0) is 74.5 Å². The quantitative estimate of drug-likeness (QED) is 0.365. The maximum Gasteiger partial charge on any atom is 0.300 e. The maximum atomic E-state index is 13.4. The van der Waals surface area contributed by atoms with Crippen LogP contribution in [0.1, 0.15) is 30.0 Å². The fourth-order valence-electron chi connectivity index (χ4n) is 3.60. The number of amides is 1. The van der Waals surface area contributed by atoms with Crippen LogP contribution in [0.3, 0.4) is 0 Å². The van der Waals surface area contributed by atoms with Gasteiger partial charge in [0.2, 0.25) is 0 Å². The lowest BCUT2D eigenvalue weighted by atomic mass is 9.99. The molecular formula is C24H20FNO5. The van der Waals surface area contributed by atoms with Crippen LogP contribution in [0.4, 0.5) is 10.1 Å². The molecule has 158 valence electrons. The third kappa shape index (κ3) is 3.70. The van der Waals surface area contributed by atoms with E-state index in [1.54, 1.807) is 43.3 Å². The Morgan fingerprint density at radius 1 is 1.06 bits per heavy atom.